The second kappa shape index (κ2) is 6.38. The summed E-state index contributed by atoms with van der Waals surface area (Å²) in [5.74, 6) is 1.00. The number of rotatable bonds is 4. The lowest BCUT2D eigenvalue weighted by molar-refractivity contribution is -0.686. The van der Waals surface area contributed by atoms with Gasteiger partial charge in [-0.05, 0) is 35.2 Å². The van der Waals surface area contributed by atoms with Crippen LogP contribution in [0.2, 0.25) is 0 Å². The summed E-state index contributed by atoms with van der Waals surface area (Å²) in [6.07, 6.45) is 2.76. The molecule has 1 aromatic heterocycles. The van der Waals surface area contributed by atoms with Gasteiger partial charge in [-0.3, -0.25) is 0 Å². The van der Waals surface area contributed by atoms with Gasteiger partial charge in [0.05, 0.1) is 24.7 Å². The second-order valence-corrected chi connectivity index (χ2v) is 6.27. The Labute approximate surface area is 150 Å². The molecule has 0 fully saturated rings. The highest BCUT2D eigenvalue weighted by Crippen LogP contribution is 2.39. The number of aromatic nitrogens is 1. The van der Waals surface area contributed by atoms with Crippen molar-refractivity contribution in [3.8, 4) is 34.3 Å². The maximum atomic E-state index is 9.90. The average molecular weight is 354 g/mol. The second-order valence-electron chi connectivity index (χ2n) is 6.27. The molecule has 0 saturated carbocycles. The number of methoxy groups -OCH3 is 1. The molecule has 1 aliphatic heterocycles. The van der Waals surface area contributed by atoms with Crippen LogP contribution in [0.25, 0.3) is 22.0 Å². The van der Waals surface area contributed by atoms with E-state index < -0.39 is 0 Å². The maximum absolute atomic E-state index is 9.90. The van der Waals surface area contributed by atoms with E-state index in [-0.39, 0.29) is 24.7 Å². The molecular weight excluding hydrogens is 334 g/mol. The molecule has 0 unspecified atom stereocenters. The number of pyridine rings is 1. The van der Waals surface area contributed by atoms with Crippen LogP contribution >= 0.6 is 0 Å². The zero-order chi connectivity index (χ0) is 18.3. The first-order valence-corrected chi connectivity index (χ1v) is 8.45. The van der Waals surface area contributed by atoms with E-state index >= 15 is 0 Å². The van der Waals surface area contributed by atoms with Crippen molar-refractivity contribution in [2.24, 2.45) is 0 Å². The Morgan fingerprint density at radius 3 is 2.69 bits per heavy atom. The highest BCUT2D eigenvalue weighted by atomic mass is 16.5. The molecule has 6 nitrogen and oxygen atoms in total. The maximum Gasteiger partial charge on any atom is 0.213 e. The lowest BCUT2D eigenvalue weighted by atomic mass is 9.95. The third-order valence-corrected chi connectivity index (χ3v) is 4.74. The minimum atomic E-state index is -0.126. The van der Waals surface area contributed by atoms with E-state index in [1.807, 2.05) is 24.4 Å². The van der Waals surface area contributed by atoms with Gasteiger partial charge in [-0.25, -0.2) is 0 Å². The number of hydrogen-bond acceptors (Lipinski definition) is 5. The van der Waals surface area contributed by atoms with Crippen LogP contribution in [0, 0.1) is 0 Å². The Kier molecular flexibility index (Phi) is 4.05. The Balaban J connectivity index is 1.93. The van der Waals surface area contributed by atoms with Crippen molar-refractivity contribution in [3.63, 3.8) is 0 Å². The van der Waals surface area contributed by atoms with Crippen LogP contribution in [0.4, 0.5) is 0 Å². The predicted octanol–water partition coefficient (Wildman–Crippen LogP) is 2.14. The van der Waals surface area contributed by atoms with Gasteiger partial charge in [0.1, 0.15) is 6.61 Å². The first kappa shape index (κ1) is 16.5. The summed E-state index contributed by atoms with van der Waals surface area (Å²) in [6.45, 7) is 0.861. The smallest absolute Gasteiger partial charge is 0.213 e. The van der Waals surface area contributed by atoms with Gasteiger partial charge < -0.3 is 24.8 Å². The minimum Gasteiger partial charge on any atom is -0.504 e. The predicted molar refractivity (Wildman–Crippen MR) is 95.7 cm³/mol. The SMILES string of the molecule is COc1ccc2cc3[n+](cc2c1OCCO)CCc1cc(O)c(O)cc1-3. The van der Waals surface area contributed by atoms with E-state index in [1.165, 1.54) is 0 Å². The Morgan fingerprint density at radius 1 is 1.12 bits per heavy atom. The molecule has 0 spiro atoms. The minimum absolute atomic E-state index is 0.0756. The summed E-state index contributed by atoms with van der Waals surface area (Å²) in [5.41, 5.74) is 2.87. The quantitative estimate of drug-likeness (QED) is 0.494. The topological polar surface area (TPSA) is 83.0 Å². The number of hydrogen-bond donors (Lipinski definition) is 3. The number of aliphatic hydroxyl groups is 1. The van der Waals surface area contributed by atoms with Gasteiger partial charge in [-0.1, -0.05) is 0 Å². The summed E-state index contributed by atoms with van der Waals surface area (Å²) in [7, 11) is 1.59. The van der Waals surface area contributed by atoms with Gasteiger partial charge in [-0.15, -0.1) is 0 Å². The molecule has 134 valence electrons. The van der Waals surface area contributed by atoms with Crippen molar-refractivity contribution in [2.45, 2.75) is 13.0 Å². The van der Waals surface area contributed by atoms with Crippen molar-refractivity contribution < 1.29 is 29.4 Å². The molecular formula is C20H20NO5+. The fourth-order valence-electron chi connectivity index (χ4n) is 3.49. The van der Waals surface area contributed by atoms with Crippen LogP contribution in [0.1, 0.15) is 5.56 Å². The Morgan fingerprint density at radius 2 is 1.92 bits per heavy atom. The van der Waals surface area contributed by atoms with E-state index in [0.717, 1.165) is 40.6 Å². The molecule has 3 N–H and O–H groups in total. The van der Waals surface area contributed by atoms with Crippen LogP contribution in [0.15, 0.2) is 36.5 Å². The molecule has 6 heteroatoms. The molecule has 2 heterocycles. The third kappa shape index (κ3) is 2.59. The number of benzene rings is 2. The van der Waals surface area contributed by atoms with Gasteiger partial charge in [0.15, 0.2) is 35.7 Å². The Bertz CT molecular complexity index is 999. The lowest BCUT2D eigenvalue weighted by Crippen LogP contribution is -2.40. The van der Waals surface area contributed by atoms with E-state index in [1.54, 1.807) is 19.2 Å². The molecule has 0 radical (unpaired) electrons. The highest BCUT2D eigenvalue weighted by Gasteiger charge is 2.26. The third-order valence-electron chi connectivity index (χ3n) is 4.74. The molecule has 0 aliphatic carbocycles. The van der Waals surface area contributed by atoms with Crippen molar-refractivity contribution in [2.75, 3.05) is 20.3 Å². The molecule has 0 amide bonds. The number of aryl methyl sites for hydroxylation is 2. The number of nitrogens with zero attached hydrogens (tertiary/aromatic N) is 1. The van der Waals surface area contributed by atoms with Crippen LogP contribution in [-0.4, -0.2) is 35.6 Å². The number of aromatic hydroxyl groups is 2. The van der Waals surface area contributed by atoms with Gasteiger partial charge >= 0.3 is 0 Å². The Hall–Kier alpha value is -2.99. The molecule has 2 aromatic carbocycles. The summed E-state index contributed by atoms with van der Waals surface area (Å²) in [4.78, 5) is 0. The number of phenolic OH excluding ortho intramolecular Hbond substituents is 2. The summed E-state index contributed by atoms with van der Waals surface area (Å²) in [6, 6.07) is 9.06. The van der Waals surface area contributed by atoms with E-state index in [9.17, 15) is 10.2 Å². The summed E-state index contributed by atoms with van der Waals surface area (Å²) in [5, 5.41) is 30.6. The molecule has 26 heavy (non-hydrogen) atoms. The number of phenols is 2. The zero-order valence-electron chi connectivity index (χ0n) is 14.4. The first-order valence-electron chi connectivity index (χ1n) is 8.45. The van der Waals surface area contributed by atoms with E-state index in [4.69, 9.17) is 14.6 Å². The van der Waals surface area contributed by atoms with Gasteiger partial charge in [0.25, 0.3) is 0 Å². The number of fused-ring (bicyclic) bond motifs is 4. The fourth-order valence-corrected chi connectivity index (χ4v) is 3.49. The van der Waals surface area contributed by atoms with Crippen LogP contribution in [0.5, 0.6) is 23.0 Å². The van der Waals surface area contributed by atoms with Gasteiger partial charge in [0, 0.05) is 12.5 Å². The monoisotopic (exact) mass is 354 g/mol. The molecule has 0 bridgehead atoms. The normalized spacial score (nSPS) is 12.5. The van der Waals surface area contributed by atoms with Crippen LogP contribution in [0.3, 0.4) is 0 Å². The number of ether oxygens (including phenoxy) is 2. The summed E-state index contributed by atoms with van der Waals surface area (Å²) >= 11 is 0. The molecule has 4 rings (SSSR count). The van der Waals surface area contributed by atoms with Crippen LogP contribution < -0.4 is 14.0 Å². The fraction of sp³-hybridized carbons (Fsp3) is 0.250. The van der Waals surface area contributed by atoms with Gasteiger partial charge in [-0.2, -0.15) is 4.57 Å². The molecule has 0 atom stereocenters. The average Bonchev–Trinajstić information content (AvgIpc) is 2.65. The first-order chi connectivity index (χ1) is 12.6. The molecule has 3 aromatic rings. The van der Waals surface area contributed by atoms with Gasteiger partial charge in [0.2, 0.25) is 5.69 Å². The van der Waals surface area contributed by atoms with E-state index in [2.05, 4.69) is 4.57 Å². The highest BCUT2D eigenvalue weighted by molar-refractivity contribution is 5.91. The zero-order valence-corrected chi connectivity index (χ0v) is 14.4. The van der Waals surface area contributed by atoms with E-state index in [0.29, 0.717) is 11.5 Å². The number of aliphatic hydroxyl groups excluding tert-OH is 1. The van der Waals surface area contributed by atoms with Crippen molar-refractivity contribution in [3.05, 3.63) is 42.1 Å². The van der Waals surface area contributed by atoms with Crippen molar-refractivity contribution in [1.29, 1.82) is 0 Å². The van der Waals surface area contributed by atoms with Crippen molar-refractivity contribution in [1.82, 2.24) is 0 Å². The molecule has 1 aliphatic rings. The van der Waals surface area contributed by atoms with Crippen LogP contribution in [-0.2, 0) is 13.0 Å². The lowest BCUT2D eigenvalue weighted by Gasteiger charge is -2.18. The summed E-state index contributed by atoms with van der Waals surface area (Å²) < 4.78 is 13.2. The largest absolute Gasteiger partial charge is 0.504 e. The van der Waals surface area contributed by atoms with Crippen molar-refractivity contribution >= 4 is 10.8 Å². The molecule has 0 saturated heterocycles. The standard InChI is InChI=1S/C20H19NO5/c1-25-19-3-2-12-8-16-14-10-18(24)17(23)9-13(14)4-5-21(16)11-15(12)20(19)26-7-6-22/h2-3,8-11,22,24H,4-7H2,1H3/p+1.